The zero-order chi connectivity index (χ0) is 18.0. The zero-order valence-electron chi connectivity index (χ0n) is 14.5. The zero-order valence-corrected chi connectivity index (χ0v) is 16.0. The minimum Gasteiger partial charge on any atom is -0.298 e. The molecule has 0 N–H and O–H groups in total. The SMILES string of the molecule is CC(=O)C(c1ccc(Br)cc1)(c1ccnc(C)c1)c1ncccc1C. The van der Waals surface area contributed by atoms with Crippen molar-refractivity contribution >= 4 is 21.7 Å². The molecule has 1 unspecified atom stereocenters. The fraction of sp³-hybridized carbons (Fsp3) is 0.190. The molecule has 0 saturated heterocycles. The standard InChI is InChI=1S/C21H19BrN2O/c1-14-5-4-11-24-20(14)21(16(3)25,17-6-8-19(22)9-7-17)18-10-12-23-15(2)13-18/h4-13H,1-3H3. The second-order valence-corrected chi connectivity index (χ2v) is 7.08. The van der Waals surface area contributed by atoms with Crippen LogP contribution in [0.2, 0.25) is 0 Å². The van der Waals surface area contributed by atoms with Crippen LogP contribution in [-0.2, 0) is 10.2 Å². The van der Waals surface area contributed by atoms with E-state index in [1.54, 1.807) is 19.3 Å². The topological polar surface area (TPSA) is 42.9 Å². The number of aryl methyl sites for hydroxylation is 2. The Morgan fingerprint density at radius 2 is 1.68 bits per heavy atom. The highest BCUT2D eigenvalue weighted by Crippen LogP contribution is 2.41. The molecule has 3 rings (SSSR count). The maximum atomic E-state index is 13.1. The molecule has 0 bridgehead atoms. The van der Waals surface area contributed by atoms with Crippen molar-refractivity contribution < 1.29 is 4.79 Å². The van der Waals surface area contributed by atoms with Crippen molar-refractivity contribution in [2.75, 3.05) is 0 Å². The van der Waals surface area contributed by atoms with E-state index in [0.717, 1.165) is 32.6 Å². The molecule has 4 heteroatoms. The summed E-state index contributed by atoms with van der Waals surface area (Å²) >= 11 is 3.48. The van der Waals surface area contributed by atoms with Gasteiger partial charge in [-0.15, -0.1) is 0 Å². The molecule has 2 heterocycles. The summed E-state index contributed by atoms with van der Waals surface area (Å²) in [6, 6.07) is 15.6. The number of benzene rings is 1. The molecule has 126 valence electrons. The van der Waals surface area contributed by atoms with Gasteiger partial charge in [0.15, 0.2) is 5.78 Å². The van der Waals surface area contributed by atoms with Gasteiger partial charge in [0.25, 0.3) is 0 Å². The Labute approximate surface area is 156 Å². The lowest BCUT2D eigenvalue weighted by atomic mass is 9.68. The number of halogens is 1. The number of Topliss-reactive ketones (excluding diaryl/α,β-unsaturated/α-hetero) is 1. The van der Waals surface area contributed by atoms with Crippen molar-refractivity contribution in [2.24, 2.45) is 0 Å². The van der Waals surface area contributed by atoms with Crippen molar-refractivity contribution in [2.45, 2.75) is 26.2 Å². The number of aromatic nitrogens is 2. The Balaban J connectivity index is 2.43. The van der Waals surface area contributed by atoms with Gasteiger partial charge in [-0.2, -0.15) is 0 Å². The van der Waals surface area contributed by atoms with E-state index in [9.17, 15) is 4.79 Å². The maximum Gasteiger partial charge on any atom is 0.150 e. The highest BCUT2D eigenvalue weighted by Gasteiger charge is 2.43. The quantitative estimate of drug-likeness (QED) is 0.639. The molecule has 0 amide bonds. The third-order valence-electron chi connectivity index (χ3n) is 4.50. The van der Waals surface area contributed by atoms with Gasteiger partial charge in [0.1, 0.15) is 5.41 Å². The van der Waals surface area contributed by atoms with Crippen molar-refractivity contribution in [3.63, 3.8) is 0 Å². The number of rotatable bonds is 4. The van der Waals surface area contributed by atoms with Crippen LogP contribution in [0.1, 0.15) is 35.0 Å². The number of nitrogens with zero attached hydrogens (tertiary/aromatic N) is 2. The first-order chi connectivity index (χ1) is 12.0. The van der Waals surface area contributed by atoms with Crippen molar-refractivity contribution in [1.29, 1.82) is 0 Å². The molecule has 1 atom stereocenters. The van der Waals surface area contributed by atoms with Crippen LogP contribution in [0.5, 0.6) is 0 Å². The summed E-state index contributed by atoms with van der Waals surface area (Å²) in [6.45, 7) is 5.56. The Bertz CT molecular complexity index is 921. The third kappa shape index (κ3) is 3.02. The molecule has 0 aliphatic heterocycles. The summed E-state index contributed by atoms with van der Waals surface area (Å²) in [5.74, 6) is 0.0298. The van der Waals surface area contributed by atoms with Crippen LogP contribution in [-0.4, -0.2) is 15.8 Å². The first kappa shape index (κ1) is 17.5. The van der Waals surface area contributed by atoms with E-state index in [-0.39, 0.29) is 5.78 Å². The molecule has 0 radical (unpaired) electrons. The van der Waals surface area contributed by atoms with Crippen LogP contribution < -0.4 is 0 Å². The van der Waals surface area contributed by atoms with Crippen LogP contribution in [0.3, 0.4) is 0 Å². The summed E-state index contributed by atoms with van der Waals surface area (Å²) in [7, 11) is 0. The summed E-state index contributed by atoms with van der Waals surface area (Å²) in [6.07, 6.45) is 3.49. The predicted molar refractivity (Wildman–Crippen MR) is 103 cm³/mol. The van der Waals surface area contributed by atoms with E-state index in [1.807, 2.05) is 62.4 Å². The number of ketones is 1. The molecular weight excluding hydrogens is 376 g/mol. The number of carbonyl (C=O) groups excluding carboxylic acids is 1. The summed E-state index contributed by atoms with van der Waals surface area (Å²) < 4.78 is 0.970. The predicted octanol–water partition coefficient (Wildman–Crippen LogP) is 4.78. The van der Waals surface area contributed by atoms with Crippen molar-refractivity contribution in [3.05, 3.63) is 93.5 Å². The molecule has 2 aromatic heterocycles. The Morgan fingerprint density at radius 1 is 0.960 bits per heavy atom. The van der Waals surface area contributed by atoms with Gasteiger partial charge >= 0.3 is 0 Å². The van der Waals surface area contributed by atoms with E-state index >= 15 is 0 Å². The molecule has 1 aromatic carbocycles. The minimum atomic E-state index is -0.959. The maximum absolute atomic E-state index is 13.1. The van der Waals surface area contributed by atoms with Gasteiger partial charge in [0.2, 0.25) is 0 Å². The van der Waals surface area contributed by atoms with Crippen LogP contribution in [0.15, 0.2) is 65.4 Å². The number of pyridine rings is 2. The van der Waals surface area contributed by atoms with Gasteiger partial charge in [0, 0.05) is 22.6 Å². The van der Waals surface area contributed by atoms with Crippen LogP contribution in [0.4, 0.5) is 0 Å². The average Bonchev–Trinajstić information content (AvgIpc) is 2.58. The first-order valence-corrected chi connectivity index (χ1v) is 8.88. The average molecular weight is 395 g/mol. The molecule has 0 aliphatic carbocycles. The smallest absolute Gasteiger partial charge is 0.150 e. The number of carbonyl (C=O) groups is 1. The third-order valence-corrected chi connectivity index (χ3v) is 5.03. The Kier molecular flexibility index (Phi) is 4.82. The van der Waals surface area contributed by atoms with E-state index in [1.165, 1.54) is 0 Å². The summed E-state index contributed by atoms with van der Waals surface area (Å²) in [5, 5.41) is 0. The second-order valence-electron chi connectivity index (χ2n) is 6.17. The molecule has 0 spiro atoms. The monoisotopic (exact) mass is 394 g/mol. The fourth-order valence-electron chi connectivity index (χ4n) is 3.37. The minimum absolute atomic E-state index is 0.0298. The van der Waals surface area contributed by atoms with Gasteiger partial charge in [0.05, 0.1) is 5.69 Å². The highest BCUT2D eigenvalue weighted by molar-refractivity contribution is 9.10. The van der Waals surface area contributed by atoms with E-state index in [0.29, 0.717) is 0 Å². The van der Waals surface area contributed by atoms with Crippen LogP contribution in [0, 0.1) is 13.8 Å². The van der Waals surface area contributed by atoms with E-state index in [2.05, 4.69) is 25.9 Å². The van der Waals surface area contributed by atoms with Gasteiger partial charge < -0.3 is 0 Å². The van der Waals surface area contributed by atoms with E-state index in [4.69, 9.17) is 0 Å². The highest BCUT2D eigenvalue weighted by atomic mass is 79.9. The first-order valence-electron chi connectivity index (χ1n) is 8.08. The fourth-order valence-corrected chi connectivity index (χ4v) is 3.63. The van der Waals surface area contributed by atoms with E-state index < -0.39 is 5.41 Å². The lowest BCUT2D eigenvalue weighted by Gasteiger charge is -2.33. The molecule has 25 heavy (non-hydrogen) atoms. The molecule has 0 saturated carbocycles. The number of hydrogen-bond acceptors (Lipinski definition) is 3. The molecule has 3 nitrogen and oxygen atoms in total. The van der Waals surface area contributed by atoms with Crippen LogP contribution >= 0.6 is 15.9 Å². The van der Waals surface area contributed by atoms with Gasteiger partial charge in [-0.3, -0.25) is 14.8 Å². The Morgan fingerprint density at radius 3 is 2.28 bits per heavy atom. The second kappa shape index (κ2) is 6.89. The molecule has 0 fully saturated rings. The lowest BCUT2D eigenvalue weighted by Crippen LogP contribution is -2.38. The summed E-state index contributed by atoms with van der Waals surface area (Å²) in [4.78, 5) is 22.1. The normalized spacial score (nSPS) is 13.3. The summed E-state index contributed by atoms with van der Waals surface area (Å²) in [5.41, 5.74) is 3.44. The molecule has 3 aromatic rings. The van der Waals surface area contributed by atoms with Gasteiger partial charge in [-0.05, 0) is 67.8 Å². The van der Waals surface area contributed by atoms with Gasteiger partial charge in [-0.1, -0.05) is 34.1 Å². The van der Waals surface area contributed by atoms with Crippen molar-refractivity contribution in [3.8, 4) is 0 Å². The molecular formula is C21H19BrN2O. The lowest BCUT2D eigenvalue weighted by molar-refractivity contribution is -0.120. The molecule has 0 aliphatic rings. The number of hydrogen-bond donors (Lipinski definition) is 0. The van der Waals surface area contributed by atoms with Crippen LogP contribution in [0.25, 0.3) is 0 Å². The van der Waals surface area contributed by atoms with Gasteiger partial charge in [-0.25, -0.2) is 0 Å². The largest absolute Gasteiger partial charge is 0.298 e. The van der Waals surface area contributed by atoms with Crippen molar-refractivity contribution in [1.82, 2.24) is 9.97 Å². The Hall–Kier alpha value is -2.33.